The highest BCUT2D eigenvalue weighted by atomic mass is 16.6. The van der Waals surface area contributed by atoms with E-state index in [1.54, 1.807) is 0 Å². The highest BCUT2D eigenvalue weighted by molar-refractivity contribution is 5.69. The SMILES string of the molecule is Cc1cc([C@@H]2CCCN2C(=O)OCc2ccccc2)cnc1N1CCCC1. The molecule has 142 valence electrons. The van der Waals surface area contributed by atoms with E-state index in [2.05, 4.69) is 17.9 Å². The Kier molecular flexibility index (Phi) is 5.28. The number of aryl methyl sites for hydroxylation is 1. The van der Waals surface area contributed by atoms with Crippen LogP contribution in [0.15, 0.2) is 42.6 Å². The fourth-order valence-corrected chi connectivity index (χ4v) is 4.17. The molecule has 1 atom stereocenters. The molecule has 4 rings (SSSR count). The molecule has 5 heteroatoms. The van der Waals surface area contributed by atoms with E-state index >= 15 is 0 Å². The van der Waals surface area contributed by atoms with E-state index in [4.69, 9.17) is 9.72 Å². The van der Waals surface area contributed by atoms with Crippen LogP contribution in [0.4, 0.5) is 10.6 Å². The van der Waals surface area contributed by atoms with E-state index < -0.39 is 0 Å². The van der Waals surface area contributed by atoms with Crippen LogP contribution in [0.2, 0.25) is 0 Å². The molecule has 0 spiro atoms. The highest BCUT2D eigenvalue weighted by Crippen LogP contribution is 2.34. The molecule has 0 aliphatic carbocycles. The third-order valence-corrected chi connectivity index (χ3v) is 5.55. The minimum Gasteiger partial charge on any atom is -0.445 e. The van der Waals surface area contributed by atoms with E-state index in [1.807, 2.05) is 41.4 Å². The van der Waals surface area contributed by atoms with Crippen molar-refractivity contribution in [1.82, 2.24) is 9.88 Å². The molecule has 1 aromatic heterocycles. The molecule has 5 nitrogen and oxygen atoms in total. The zero-order valence-corrected chi connectivity index (χ0v) is 15.9. The van der Waals surface area contributed by atoms with Crippen molar-refractivity contribution in [3.8, 4) is 0 Å². The Bertz CT molecular complexity index is 787. The molecule has 0 saturated carbocycles. The van der Waals surface area contributed by atoms with Gasteiger partial charge in [0.2, 0.25) is 0 Å². The van der Waals surface area contributed by atoms with Gasteiger partial charge in [-0.15, -0.1) is 0 Å². The number of hydrogen-bond acceptors (Lipinski definition) is 4. The van der Waals surface area contributed by atoms with Crippen molar-refractivity contribution in [2.75, 3.05) is 24.5 Å². The molecule has 3 heterocycles. The van der Waals surface area contributed by atoms with Gasteiger partial charge in [-0.2, -0.15) is 0 Å². The van der Waals surface area contributed by atoms with Gasteiger partial charge in [0.1, 0.15) is 12.4 Å². The minimum absolute atomic E-state index is 0.0621. The van der Waals surface area contributed by atoms with Gasteiger partial charge in [-0.3, -0.25) is 0 Å². The Morgan fingerprint density at radius 3 is 2.67 bits per heavy atom. The Balaban J connectivity index is 1.44. The van der Waals surface area contributed by atoms with Gasteiger partial charge in [0.15, 0.2) is 0 Å². The third-order valence-electron chi connectivity index (χ3n) is 5.55. The number of ether oxygens (including phenoxy) is 1. The third kappa shape index (κ3) is 3.92. The lowest BCUT2D eigenvalue weighted by molar-refractivity contribution is 0.0920. The fourth-order valence-electron chi connectivity index (χ4n) is 4.17. The Morgan fingerprint density at radius 2 is 1.93 bits per heavy atom. The number of pyridine rings is 1. The van der Waals surface area contributed by atoms with Crippen LogP contribution in [0.1, 0.15) is 48.4 Å². The number of anilines is 1. The maximum atomic E-state index is 12.6. The van der Waals surface area contributed by atoms with E-state index in [9.17, 15) is 4.79 Å². The standard InChI is InChI=1S/C22H27N3O2/c1-17-14-19(15-23-21(17)24-11-5-6-12-24)20-10-7-13-25(20)22(26)27-16-18-8-3-2-4-9-18/h2-4,8-9,14-15,20H,5-7,10-13,16H2,1H3/t20-/m0/s1. The lowest BCUT2D eigenvalue weighted by Crippen LogP contribution is -2.31. The Labute approximate surface area is 161 Å². The number of rotatable bonds is 4. The molecule has 0 radical (unpaired) electrons. The zero-order valence-electron chi connectivity index (χ0n) is 15.9. The highest BCUT2D eigenvalue weighted by Gasteiger charge is 2.32. The van der Waals surface area contributed by atoms with Gasteiger partial charge in [0, 0.05) is 25.8 Å². The van der Waals surface area contributed by atoms with E-state index in [0.717, 1.165) is 49.4 Å². The molecular weight excluding hydrogens is 338 g/mol. The Morgan fingerprint density at radius 1 is 1.15 bits per heavy atom. The van der Waals surface area contributed by atoms with Crippen LogP contribution in [-0.2, 0) is 11.3 Å². The molecule has 0 unspecified atom stereocenters. The maximum absolute atomic E-state index is 12.6. The largest absolute Gasteiger partial charge is 0.445 e. The first-order valence-electron chi connectivity index (χ1n) is 9.91. The van der Waals surface area contributed by atoms with Gasteiger partial charge in [-0.05, 0) is 55.4 Å². The normalized spacial score (nSPS) is 19.5. The van der Waals surface area contributed by atoms with Crippen LogP contribution in [0.3, 0.4) is 0 Å². The van der Waals surface area contributed by atoms with Crippen LogP contribution in [0.25, 0.3) is 0 Å². The Hall–Kier alpha value is -2.56. The summed E-state index contributed by atoms with van der Waals surface area (Å²) in [6, 6.07) is 12.1. The number of benzene rings is 1. The molecule has 1 aromatic carbocycles. The van der Waals surface area contributed by atoms with Crippen LogP contribution >= 0.6 is 0 Å². The van der Waals surface area contributed by atoms with Crippen molar-refractivity contribution >= 4 is 11.9 Å². The summed E-state index contributed by atoms with van der Waals surface area (Å²) in [5, 5.41) is 0. The monoisotopic (exact) mass is 365 g/mol. The second kappa shape index (κ2) is 7.99. The number of amides is 1. The molecule has 2 fully saturated rings. The first kappa shape index (κ1) is 17.8. The van der Waals surface area contributed by atoms with Gasteiger partial charge in [0.05, 0.1) is 6.04 Å². The predicted molar refractivity (Wildman–Crippen MR) is 106 cm³/mol. The second-order valence-corrected chi connectivity index (χ2v) is 7.49. The van der Waals surface area contributed by atoms with Crippen LogP contribution in [-0.4, -0.2) is 35.6 Å². The van der Waals surface area contributed by atoms with Crippen molar-refractivity contribution in [2.24, 2.45) is 0 Å². The zero-order chi connectivity index (χ0) is 18.6. The van der Waals surface area contributed by atoms with Crippen LogP contribution in [0.5, 0.6) is 0 Å². The summed E-state index contributed by atoms with van der Waals surface area (Å²) in [5.74, 6) is 1.09. The molecule has 2 aliphatic heterocycles. The molecule has 2 aliphatic rings. The van der Waals surface area contributed by atoms with Gasteiger partial charge in [-0.1, -0.05) is 30.3 Å². The fraction of sp³-hybridized carbons (Fsp3) is 0.455. The van der Waals surface area contributed by atoms with E-state index in [0.29, 0.717) is 6.61 Å². The number of carbonyl (C=O) groups excluding carboxylic acids is 1. The van der Waals surface area contributed by atoms with Gasteiger partial charge in [0.25, 0.3) is 0 Å². The summed E-state index contributed by atoms with van der Waals surface area (Å²) in [7, 11) is 0. The molecular formula is C22H27N3O2. The molecule has 2 saturated heterocycles. The van der Waals surface area contributed by atoms with E-state index in [-0.39, 0.29) is 12.1 Å². The van der Waals surface area contributed by atoms with Crippen molar-refractivity contribution in [2.45, 2.75) is 45.3 Å². The topological polar surface area (TPSA) is 45.7 Å². The quantitative estimate of drug-likeness (QED) is 0.802. The lowest BCUT2D eigenvalue weighted by atomic mass is 10.0. The van der Waals surface area contributed by atoms with Gasteiger partial charge >= 0.3 is 6.09 Å². The number of aromatic nitrogens is 1. The lowest BCUT2D eigenvalue weighted by Gasteiger charge is -2.26. The molecule has 27 heavy (non-hydrogen) atoms. The summed E-state index contributed by atoms with van der Waals surface area (Å²) in [4.78, 5) is 21.6. The first-order valence-corrected chi connectivity index (χ1v) is 9.91. The second-order valence-electron chi connectivity index (χ2n) is 7.49. The number of likely N-dealkylation sites (tertiary alicyclic amines) is 1. The molecule has 1 amide bonds. The number of hydrogen-bond donors (Lipinski definition) is 0. The summed E-state index contributed by atoms with van der Waals surface area (Å²) in [6.45, 7) is 5.36. The molecule has 2 aromatic rings. The van der Waals surface area contributed by atoms with Crippen molar-refractivity contribution < 1.29 is 9.53 Å². The summed E-state index contributed by atoms with van der Waals surface area (Å²) >= 11 is 0. The average Bonchev–Trinajstić information content (AvgIpc) is 3.39. The van der Waals surface area contributed by atoms with Gasteiger partial charge < -0.3 is 14.5 Å². The number of carbonyl (C=O) groups is 1. The predicted octanol–water partition coefficient (Wildman–Crippen LogP) is 4.46. The summed E-state index contributed by atoms with van der Waals surface area (Å²) < 4.78 is 5.56. The number of nitrogens with zero attached hydrogens (tertiary/aromatic N) is 3. The summed E-state index contributed by atoms with van der Waals surface area (Å²) in [5.41, 5.74) is 3.32. The molecule has 0 bridgehead atoms. The van der Waals surface area contributed by atoms with Crippen LogP contribution in [0, 0.1) is 6.92 Å². The van der Waals surface area contributed by atoms with Crippen molar-refractivity contribution in [1.29, 1.82) is 0 Å². The summed E-state index contributed by atoms with van der Waals surface area (Å²) in [6.07, 6.45) is 6.16. The van der Waals surface area contributed by atoms with Gasteiger partial charge in [-0.25, -0.2) is 9.78 Å². The first-order chi connectivity index (χ1) is 13.2. The molecule has 0 N–H and O–H groups in total. The average molecular weight is 365 g/mol. The van der Waals surface area contributed by atoms with E-state index in [1.165, 1.54) is 18.4 Å². The van der Waals surface area contributed by atoms with Crippen molar-refractivity contribution in [3.05, 3.63) is 59.3 Å². The van der Waals surface area contributed by atoms with Crippen LogP contribution < -0.4 is 4.90 Å². The van der Waals surface area contributed by atoms with Crippen molar-refractivity contribution in [3.63, 3.8) is 0 Å². The minimum atomic E-state index is -0.234. The maximum Gasteiger partial charge on any atom is 0.410 e. The smallest absolute Gasteiger partial charge is 0.410 e.